The molecule has 0 aromatic rings. The number of ketones is 1. The van der Waals surface area contributed by atoms with Gasteiger partial charge in [-0.1, -0.05) is 37.5 Å². The Bertz CT molecular complexity index is 1060. The SMILES string of the molecule is C=C(C(=O)O)[C@@H]1CCC(=C)[C@@H]2CC(O)=C(CCC3C(=O)C[C@H]4C(=C)CC[C@@H](C(=C)C(=O)O)C[C@@H]34)C2C1. The van der Waals surface area contributed by atoms with E-state index in [4.69, 9.17) is 0 Å². The molecule has 4 aliphatic rings. The molecule has 0 aromatic heterocycles. The van der Waals surface area contributed by atoms with Gasteiger partial charge in [0.2, 0.25) is 0 Å². The van der Waals surface area contributed by atoms with E-state index in [1.54, 1.807) is 0 Å². The van der Waals surface area contributed by atoms with E-state index >= 15 is 0 Å². The number of Topliss-reactive ketones (excluding diaryl/α,β-unsaturated/α-hetero) is 1. The minimum Gasteiger partial charge on any atom is -0.512 e. The highest BCUT2D eigenvalue weighted by Crippen LogP contribution is 2.53. The van der Waals surface area contributed by atoms with E-state index in [2.05, 4.69) is 26.3 Å². The van der Waals surface area contributed by atoms with E-state index in [9.17, 15) is 29.7 Å². The first-order valence-electron chi connectivity index (χ1n) is 13.1. The van der Waals surface area contributed by atoms with E-state index in [1.165, 1.54) is 0 Å². The molecular formula is C30H38O6. The smallest absolute Gasteiger partial charge is 0.331 e. The molecule has 0 bridgehead atoms. The molecule has 36 heavy (non-hydrogen) atoms. The number of carboxylic acid groups (broad SMARTS) is 2. The Balaban J connectivity index is 1.52. The summed E-state index contributed by atoms with van der Waals surface area (Å²) in [5.41, 5.74) is 3.44. The summed E-state index contributed by atoms with van der Waals surface area (Å²) < 4.78 is 0. The monoisotopic (exact) mass is 494 g/mol. The summed E-state index contributed by atoms with van der Waals surface area (Å²) in [4.78, 5) is 36.4. The van der Waals surface area contributed by atoms with E-state index in [0.717, 1.165) is 23.1 Å². The average molecular weight is 495 g/mol. The second-order valence-corrected chi connectivity index (χ2v) is 11.4. The van der Waals surface area contributed by atoms with Crippen LogP contribution in [0, 0.1) is 41.4 Å². The van der Waals surface area contributed by atoms with Crippen LogP contribution in [-0.2, 0) is 14.4 Å². The molecule has 4 aliphatic carbocycles. The molecule has 0 heterocycles. The topological polar surface area (TPSA) is 112 Å². The minimum atomic E-state index is -0.983. The Labute approximate surface area is 213 Å². The predicted octanol–water partition coefficient (Wildman–Crippen LogP) is 6.03. The van der Waals surface area contributed by atoms with Crippen LogP contribution in [0.5, 0.6) is 0 Å². The first-order chi connectivity index (χ1) is 17.0. The van der Waals surface area contributed by atoms with Crippen molar-refractivity contribution >= 4 is 17.7 Å². The number of allylic oxidation sites excluding steroid dienone is 4. The van der Waals surface area contributed by atoms with Gasteiger partial charge in [0.05, 0.1) is 5.76 Å². The normalized spacial score (nSPS) is 34.6. The van der Waals surface area contributed by atoms with Crippen LogP contribution in [0.4, 0.5) is 0 Å². The zero-order chi connectivity index (χ0) is 26.3. The number of carbonyl (C=O) groups is 3. The van der Waals surface area contributed by atoms with E-state index in [1.807, 2.05) is 0 Å². The summed E-state index contributed by atoms with van der Waals surface area (Å²) in [6.07, 6.45) is 6.23. The number of carboxylic acids is 2. The summed E-state index contributed by atoms with van der Waals surface area (Å²) in [6.45, 7) is 16.1. The van der Waals surface area contributed by atoms with Crippen molar-refractivity contribution in [2.45, 2.75) is 64.2 Å². The van der Waals surface area contributed by atoms with Crippen LogP contribution >= 0.6 is 0 Å². The highest BCUT2D eigenvalue weighted by Gasteiger charge is 2.47. The summed E-state index contributed by atoms with van der Waals surface area (Å²) in [5, 5.41) is 29.9. The second kappa shape index (κ2) is 10.2. The van der Waals surface area contributed by atoms with E-state index < -0.39 is 11.9 Å². The number of aliphatic hydroxyl groups excluding tert-OH is 1. The Kier molecular flexibility index (Phi) is 7.44. The molecule has 4 rings (SSSR count). The van der Waals surface area contributed by atoms with Crippen LogP contribution in [0.3, 0.4) is 0 Å². The molecule has 3 saturated carbocycles. The van der Waals surface area contributed by atoms with Crippen LogP contribution in [-0.4, -0.2) is 33.0 Å². The molecule has 7 atom stereocenters. The molecule has 6 nitrogen and oxygen atoms in total. The lowest BCUT2D eigenvalue weighted by atomic mass is 9.76. The highest BCUT2D eigenvalue weighted by molar-refractivity contribution is 5.87. The number of aliphatic hydroxyl groups is 1. The Hall–Kier alpha value is -2.89. The van der Waals surface area contributed by atoms with Gasteiger partial charge < -0.3 is 15.3 Å². The lowest BCUT2D eigenvalue weighted by Crippen LogP contribution is -2.23. The Morgan fingerprint density at radius 3 is 1.97 bits per heavy atom. The van der Waals surface area contributed by atoms with Gasteiger partial charge in [-0.15, -0.1) is 0 Å². The van der Waals surface area contributed by atoms with Crippen LogP contribution in [0.1, 0.15) is 64.2 Å². The summed E-state index contributed by atoms with van der Waals surface area (Å²) >= 11 is 0. The van der Waals surface area contributed by atoms with Crippen molar-refractivity contribution < 1.29 is 29.7 Å². The predicted molar refractivity (Wildman–Crippen MR) is 137 cm³/mol. The van der Waals surface area contributed by atoms with Gasteiger partial charge >= 0.3 is 11.9 Å². The Morgan fingerprint density at radius 2 is 1.39 bits per heavy atom. The standard InChI is InChI=1S/C30H38O6/c1-15-5-7-19(17(3)29(33)34)11-25-21(27(31)13-23(15)25)9-10-22-26-12-20(18(4)30(35)36)8-6-16(2)24(26)14-28(22)32/h19-21,23-26,32H,1-14H2,(H,33,34)(H,35,36)/t19-,20-,21?,23+,24+,25+,26?/m1/s1. The Morgan fingerprint density at radius 1 is 0.833 bits per heavy atom. The van der Waals surface area contributed by atoms with Crippen molar-refractivity contribution in [3.8, 4) is 0 Å². The number of rotatable bonds is 7. The largest absolute Gasteiger partial charge is 0.512 e. The van der Waals surface area contributed by atoms with Gasteiger partial charge in [0.15, 0.2) is 0 Å². The number of hydrogen-bond acceptors (Lipinski definition) is 4. The summed E-state index contributed by atoms with van der Waals surface area (Å²) in [6, 6.07) is 0. The fourth-order valence-electron chi connectivity index (χ4n) is 7.45. The van der Waals surface area contributed by atoms with Crippen molar-refractivity contribution in [3.05, 3.63) is 59.9 Å². The van der Waals surface area contributed by atoms with Crippen LogP contribution < -0.4 is 0 Å². The maximum atomic E-state index is 13.2. The second-order valence-electron chi connectivity index (χ2n) is 11.4. The van der Waals surface area contributed by atoms with Crippen molar-refractivity contribution in [1.82, 2.24) is 0 Å². The third kappa shape index (κ3) is 4.87. The maximum Gasteiger partial charge on any atom is 0.331 e. The zero-order valence-electron chi connectivity index (χ0n) is 21.0. The van der Waals surface area contributed by atoms with Crippen molar-refractivity contribution in [2.75, 3.05) is 0 Å². The number of carbonyl (C=O) groups excluding carboxylic acids is 1. The fraction of sp³-hybridized carbons (Fsp3) is 0.567. The molecule has 3 N–H and O–H groups in total. The molecule has 0 saturated heterocycles. The first kappa shape index (κ1) is 26.2. The molecule has 0 amide bonds. The first-order valence-corrected chi connectivity index (χ1v) is 13.1. The van der Waals surface area contributed by atoms with Gasteiger partial charge in [-0.25, -0.2) is 9.59 Å². The average Bonchev–Trinajstić information content (AvgIpc) is 3.18. The van der Waals surface area contributed by atoms with Crippen molar-refractivity contribution in [3.63, 3.8) is 0 Å². The third-order valence-electron chi connectivity index (χ3n) is 9.62. The van der Waals surface area contributed by atoms with Gasteiger partial charge in [0, 0.05) is 29.9 Å². The van der Waals surface area contributed by atoms with Crippen LogP contribution in [0.25, 0.3) is 0 Å². The molecule has 194 valence electrons. The van der Waals surface area contributed by atoms with E-state index in [0.29, 0.717) is 63.5 Å². The molecule has 0 aliphatic heterocycles. The molecule has 6 heteroatoms. The lowest BCUT2D eigenvalue weighted by molar-refractivity contribution is -0.134. The quantitative estimate of drug-likeness (QED) is 0.294. The van der Waals surface area contributed by atoms with Crippen molar-refractivity contribution in [2.24, 2.45) is 41.4 Å². The lowest BCUT2D eigenvalue weighted by Gasteiger charge is -2.27. The van der Waals surface area contributed by atoms with Gasteiger partial charge in [-0.3, -0.25) is 4.79 Å². The molecule has 0 radical (unpaired) electrons. The molecule has 0 spiro atoms. The molecule has 3 fully saturated rings. The van der Waals surface area contributed by atoms with Crippen LogP contribution in [0.2, 0.25) is 0 Å². The minimum absolute atomic E-state index is 0.0111. The van der Waals surface area contributed by atoms with Gasteiger partial charge in [-0.2, -0.15) is 0 Å². The zero-order valence-corrected chi connectivity index (χ0v) is 21.0. The maximum absolute atomic E-state index is 13.2. The molecule has 0 aromatic carbocycles. The molecule has 2 unspecified atom stereocenters. The van der Waals surface area contributed by atoms with E-state index in [-0.39, 0.29) is 58.4 Å². The van der Waals surface area contributed by atoms with Gasteiger partial charge in [0.25, 0.3) is 0 Å². The fourth-order valence-corrected chi connectivity index (χ4v) is 7.45. The van der Waals surface area contributed by atoms with Crippen molar-refractivity contribution in [1.29, 1.82) is 0 Å². The number of aliphatic carboxylic acids is 2. The highest BCUT2D eigenvalue weighted by atomic mass is 16.4. The summed E-state index contributed by atoms with van der Waals surface area (Å²) in [5.74, 6) is -1.72. The number of hydrogen-bond donors (Lipinski definition) is 3. The molecular weight excluding hydrogens is 456 g/mol. The van der Waals surface area contributed by atoms with Gasteiger partial charge in [0.1, 0.15) is 5.78 Å². The van der Waals surface area contributed by atoms with Crippen LogP contribution in [0.15, 0.2) is 59.9 Å². The number of fused-ring (bicyclic) bond motifs is 2. The third-order valence-corrected chi connectivity index (χ3v) is 9.62. The van der Waals surface area contributed by atoms with Gasteiger partial charge in [-0.05, 0) is 92.4 Å². The summed E-state index contributed by atoms with van der Waals surface area (Å²) in [7, 11) is 0.